The Morgan fingerprint density at radius 3 is 0.741 bits per heavy atom. The molecule has 618 valence electrons. The molecule has 0 amide bonds. The minimum absolute atomic E-state index is 0.0283. The van der Waals surface area contributed by atoms with Gasteiger partial charge in [0.1, 0.15) is 13.2 Å². The summed E-state index contributed by atoms with van der Waals surface area (Å²) in [7, 11) is 0. The number of aromatic amines is 2. The van der Waals surface area contributed by atoms with Gasteiger partial charge in [0.2, 0.25) is 0 Å². The third-order valence-corrected chi connectivity index (χ3v) is 36.6. The van der Waals surface area contributed by atoms with Gasteiger partial charge in [0, 0.05) is 44.3 Å². The van der Waals surface area contributed by atoms with E-state index in [1.165, 1.54) is 291 Å². The van der Waals surface area contributed by atoms with Crippen molar-refractivity contribution >= 4 is 361 Å². The summed E-state index contributed by atoms with van der Waals surface area (Å²) in [5, 5.41) is 75.4. The smallest absolute Gasteiger partial charge is 0.344 e. The molecule has 7 aliphatic rings. The molecule has 5 heterocycles. The summed E-state index contributed by atoms with van der Waals surface area (Å²) in [4.78, 5) is 81.7. The van der Waals surface area contributed by atoms with Gasteiger partial charge in [-0.2, -0.15) is 0 Å². The fourth-order valence-electron chi connectivity index (χ4n) is 33.8. The number of nitrogens with zero attached hydrogens (tertiary/aromatic N) is 2. The molecule has 0 atom stereocenters. The zero-order chi connectivity index (χ0) is 86.1. The molecular formula is C120H52N4O11. The van der Waals surface area contributed by atoms with Crippen molar-refractivity contribution in [2.45, 2.75) is 17.8 Å². The molecule has 2 spiro atoms. The van der Waals surface area contributed by atoms with Crippen molar-refractivity contribution in [2.75, 3.05) is 66.1 Å². The zero-order valence-corrected chi connectivity index (χ0v) is 71.0. The molecule has 2 N–H and O–H groups in total. The van der Waals surface area contributed by atoms with Gasteiger partial charge in [-0.3, -0.25) is 9.59 Å². The first-order valence-corrected chi connectivity index (χ1v) is 47.4. The maximum Gasteiger partial charge on any atom is 0.344 e. The van der Waals surface area contributed by atoms with Crippen molar-refractivity contribution in [1.29, 1.82) is 0 Å². The predicted molar refractivity (Wildman–Crippen MR) is 538 cm³/mol. The van der Waals surface area contributed by atoms with Crippen LogP contribution in [0.25, 0.3) is 382 Å². The predicted octanol–water partition coefficient (Wildman–Crippen LogP) is 26.5. The fraction of sp³-hybridized carbons (Fsp3) is 0.117. The molecule has 15 heteroatoms. The average Bonchev–Trinajstić information content (AvgIpc) is 1.35. The van der Waals surface area contributed by atoms with E-state index in [0.717, 1.165) is 112 Å². The van der Waals surface area contributed by atoms with Gasteiger partial charge in [-0.05, 0) is 403 Å². The normalized spacial score (nSPS) is 18.3. The first-order chi connectivity index (χ1) is 66.8. The Morgan fingerprint density at radius 1 is 0.252 bits per heavy atom. The third-order valence-electron chi connectivity index (χ3n) is 36.6. The van der Waals surface area contributed by atoms with Gasteiger partial charge in [0.25, 0.3) is 0 Å². The van der Waals surface area contributed by atoms with Gasteiger partial charge >= 0.3 is 23.9 Å². The molecule has 1 saturated carbocycles. The number of carbonyl (C=O) groups excluding carboxylic acids is 4. The van der Waals surface area contributed by atoms with Gasteiger partial charge in [-0.15, -0.1) is 0 Å². The fourth-order valence-corrected chi connectivity index (χ4v) is 33.8. The Hall–Kier alpha value is -16.3. The Balaban J connectivity index is 0.359. The molecule has 5 aliphatic carbocycles. The summed E-state index contributed by atoms with van der Waals surface area (Å²) in [6.45, 7) is 2.31. The highest BCUT2D eigenvalue weighted by Crippen LogP contribution is 2.97. The molecule has 42 rings (SSSR count). The number of hydrogen-bond acceptors (Lipinski definition) is 13. The second-order valence-electron chi connectivity index (χ2n) is 40.7. The van der Waals surface area contributed by atoms with E-state index in [1.807, 2.05) is 61.5 Å². The van der Waals surface area contributed by atoms with Crippen LogP contribution in [-0.2, 0) is 58.4 Å². The van der Waals surface area contributed by atoms with Gasteiger partial charge in [-0.25, -0.2) is 19.6 Å². The lowest BCUT2D eigenvalue weighted by Gasteiger charge is -2.32. The molecule has 0 radical (unpaired) electrons. The van der Waals surface area contributed by atoms with Crippen LogP contribution >= 0.6 is 0 Å². The Morgan fingerprint density at radius 2 is 0.481 bits per heavy atom. The Bertz CT molecular complexity index is 10900. The van der Waals surface area contributed by atoms with E-state index in [0.29, 0.717) is 5.56 Å². The van der Waals surface area contributed by atoms with Crippen molar-refractivity contribution in [2.24, 2.45) is 5.41 Å². The third kappa shape index (κ3) is 5.59. The molecule has 135 heavy (non-hydrogen) atoms. The molecule has 32 aromatic carbocycles. The highest BCUT2D eigenvalue weighted by Gasteiger charge is 3.01. The summed E-state index contributed by atoms with van der Waals surface area (Å²) in [6.07, 6.45) is 8.34. The van der Waals surface area contributed by atoms with Crippen LogP contribution in [0.3, 0.4) is 0 Å². The van der Waals surface area contributed by atoms with Crippen LogP contribution in [0.5, 0.6) is 0 Å². The highest BCUT2D eigenvalue weighted by atomic mass is 16.6. The average molecular weight is 1730 g/mol. The second kappa shape index (κ2) is 19.5. The largest absolute Gasteiger partial charge is 0.465 e. The standard InChI is InChI=1S/C120H52N4O11/c1-2-132-116(127)120(117(128)135-38-52(125)133-36-34-130-32-30-129-31-33-131-35-37-134-115(126)43-20-18-42(19-21-43)56-50-28-26-48(123-50)54(40-14-8-4-9-15-40)46-24-22-44(121-46)53(39-12-6-3-7-13-39)45-23-25-47(122-45)55(41-16-10-5-11-17-41)49-27-29-51(56)124-49)118-111-103-95-85-75-67-59-57-58-61-65-63(59)71-79-73(65)83-77-69(61)70-62(58)66-64-60(57)68(67)76-82-72(64)80-74(66)84-78(70)88-87(77)97-91(83)101-93(79)99(89(95)81(71)75)107(111)109(101)113-105(97)106-98(88)92(84)102-94(80)100-90(82)96(86(76)85)104(103)112(118)108(100)110(102)114(106)119(113,118)120/h3-29,121,124H,2,30-38H2,1H3. The van der Waals surface area contributed by atoms with Crippen molar-refractivity contribution in [1.82, 2.24) is 19.9 Å². The monoisotopic (exact) mass is 1720 g/mol. The van der Waals surface area contributed by atoms with E-state index in [4.69, 9.17) is 43.1 Å². The number of aromatic nitrogens is 4. The summed E-state index contributed by atoms with van der Waals surface area (Å²) in [6, 6.07) is 47.0. The lowest BCUT2D eigenvalue weighted by molar-refractivity contribution is -0.171. The number of H-pyrrole nitrogens is 2. The van der Waals surface area contributed by atoms with Crippen molar-refractivity contribution < 1.29 is 52.3 Å². The minimum Gasteiger partial charge on any atom is -0.465 e. The van der Waals surface area contributed by atoms with Crippen LogP contribution < -0.4 is 0 Å². The van der Waals surface area contributed by atoms with Gasteiger partial charge in [0.15, 0.2) is 12.0 Å². The summed E-state index contributed by atoms with van der Waals surface area (Å²) < 4.78 is 43.0. The second-order valence-corrected chi connectivity index (χ2v) is 40.7. The summed E-state index contributed by atoms with van der Waals surface area (Å²) in [5.74, 6) is -2.52. The number of ether oxygens (including phenoxy) is 7. The SMILES string of the molecule is CCOC(=O)C1(C(=O)OCC(=O)OCCOCCOCCOCCOC(=O)c2ccc(-c3c4nc(c(-c5ccccc5)c5ccc([nH]5)c(-c5ccccc5)c5nc(c(-c6ccccc6)c6ccc3[nH]6)C=C5)C=C4)cc2)C23c4c5c6c7c8c9c(c%10c%11c2c2c4c4c%12c5c5c6c6c8c8c%13c9c9c%10c%10c%11c%11c2c2c4c4c%12c%12c5c5c6c8c6c8c%13c9c9c%10c%10c%11c2c2c4c4c%12c5c6c5c8c9c%10c2c45)C713. The summed E-state index contributed by atoms with van der Waals surface area (Å²) in [5.41, 5.74) is 14.6. The van der Waals surface area contributed by atoms with E-state index in [2.05, 4.69) is 107 Å². The van der Waals surface area contributed by atoms with E-state index >= 15 is 9.59 Å². The Labute approximate surface area is 752 Å². The topological polar surface area (TPSA) is 190 Å². The number of benzene rings is 22. The number of esters is 4. The number of nitrogens with one attached hydrogen (secondary N) is 2. The number of carbonyl (C=O) groups is 4. The van der Waals surface area contributed by atoms with E-state index in [9.17, 15) is 9.59 Å². The quantitative estimate of drug-likeness (QED) is 0.0214. The van der Waals surface area contributed by atoms with E-state index in [-0.39, 0.29) is 59.5 Å². The first kappa shape index (κ1) is 65.3. The maximum absolute atomic E-state index is 17.5. The molecule has 15 nitrogen and oxygen atoms in total. The lowest BCUT2D eigenvalue weighted by Crippen LogP contribution is -2.39. The summed E-state index contributed by atoms with van der Waals surface area (Å²) >= 11 is 0. The van der Waals surface area contributed by atoms with Crippen LogP contribution in [-0.4, -0.2) is 110 Å². The van der Waals surface area contributed by atoms with E-state index < -0.39 is 46.7 Å². The minimum atomic E-state index is -2.00. The van der Waals surface area contributed by atoms with Gasteiger partial charge < -0.3 is 43.1 Å². The highest BCUT2D eigenvalue weighted by molar-refractivity contribution is 6.83. The van der Waals surface area contributed by atoms with Crippen LogP contribution in [0.4, 0.5) is 0 Å². The lowest BCUT2D eigenvalue weighted by atomic mass is 9.68. The van der Waals surface area contributed by atoms with Crippen molar-refractivity contribution in [3.8, 4) is 44.5 Å². The molecule has 0 unspecified atom stereocenters. The number of rotatable bonds is 22. The first-order valence-electron chi connectivity index (χ1n) is 47.4. The van der Waals surface area contributed by atoms with Crippen molar-refractivity contribution in [3.63, 3.8) is 0 Å². The zero-order valence-electron chi connectivity index (χ0n) is 71.0. The number of fused-ring (bicyclic) bond motifs is 8. The van der Waals surface area contributed by atoms with Crippen LogP contribution in [0.1, 0.15) is 62.3 Å². The molecule has 1 fully saturated rings. The molecule has 8 bridgehead atoms. The number of hydrogen-bond donors (Lipinski definition) is 2. The van der Waals surface area contributed by atoms with Gasteiger partial charge in [-0.1, -0.05) is 103 Å². The van der Waals surface area contributed by atoms with E-state index in [1.54, 1.807) is 12.1 Å². The molecular weight excluding hydrogens is 1670 g/mol. The molecule has 0 saturated heterocycles. The maximum atomic E-state index is 17.5. The van der Waals surface area contributed by atoms with Crippen LogP contribution in [0, 0.1) is 5.41 Å². The molecule has 3 aromatic heterocycles. The van der Waals surface area contributed by atoms with Crippen LogP contribution in [0.2, 0.25) is 0 Å². The molecule has 35 aromatic rings. The van der Waals surface area contributed by atoms with Crippen LogP contribution in [0.15, 0.2) is 140 Å². The van der Waals surface area contributed by atoms with Gasteiger partial charge in [0.05, 0.1) is 85.4 Å². The Kier molecular flexibility index (Phi) is 9.43. The molecule has 2 aliphatic heterocycles. The van der Waals surface area contributed by atoms with Crippen molar-refractivity contribution in [3.05, 3.63) is 190 Å².